The first-order valence-corrected chi connectivity index (χ1v) is 5.21. The predicted molar refractivity (Wildman–Crippen MR) is 52.2 cm³/mol. The lowest BCUT2D eigenvalue weighted by atomic mass is 10.1. The molecule has 1 aliphatic rings. The van der Waals surface area contributed by atoms with Crippen LogP contribution < -0.4 is 5.32 Å². The van der Waals surface area contributed by atoms with Crippen molar-refractivity contribution in [3.8, 4) is 0 Å². The molecule has 0 saturated carbocycles. The number of nitrogens with two attached hydrogens (primary N) is 1. The summed E-state index contributed by atoms with van der Waals surface area (Å²) >= 11 is 0. The number of hydrogen-bond donors (Lipinski definition) is 1. The van der Waals surface area contributed by atoms with Gasteiger partial charge in [-0.15, -0.1) is 0 Å². The van der Waals surface area contributed by atoms with Crippen molar-refractivity contribution in [2.45, 2.75) is 31.7 Å². The van der Waals surface area contributed by atoms with Crippen molar-refractivity contribution < 1.29 is 5.32 Å². The molecule has 2 N–H and O–H groups in total. The first-order valence-electron chi connectivity index (χ1n) is 5.21. The molecule has 0 amide bonds. The molecule has 0 radical (unpaired) electrons. The van der Waals surface area contributed by atoms with Gasteiger partial charge in [0, 0.05) is 12.6 Å². The Morgan fingerprint density at radius 3 is 3.08 bits per heavy atom. The zero-order valence-electron chi connectivity index (χ0n) is 7.95. The van der Waals surface area contributed by atoms with Gasteiger partial charge in [-0.1, -0.05) is 6.07 Å². The molecular weight excluding hydrogens is 160 g/mol. The average molecular weight is 177 g/mol. The van der Waals surface area contributed by atoms with E-state index in [9.17, 15) is 0 Å². The number of nitrogens with zero attached hydrogens (tertiary/aromatic N) is 1. The number of quaternary nitrogens is 1. The molecule has 2 heteroatoms. The Kier molecular flexibility index (Phi) is 2.93. The molecule has 0 bridgehead atoms. The predicted octanol–water partition coefficient (Wildman–Crippen LogP) is 1.26. The maximum absolute atomic E-state index is 4.41. The van der Waals surface area contributed by atoms with Crippen LogP contribution in [0.1, 0.15) is 37.4 Å². The number of aromatic nitrogens is 1. The molecule has 1 fully saturated rings. The highest BCUT2D eigenvalue weighted by molar-refractivity contribution is 5.06. The van der Waals surface area contributed by atoms with Crippen LogP contribution in [0.15, 0.2) is 24.4 Å². The lowest BCUT2D eigenvalue weighted by molar-refractivity contribution is -0.695. The summed E-state index contributed by atoms with van der Waals surface area (Å²) in [5.74, 6) is 0. The van der Waals surface area contributed by atoms with Crippen molar-refractivity contribution in [3.05, 3.63) is 30.1 Å². The topological polar surface area (TPSA) is 29.5 Å². The molecule has 0 aliphatic carbocycles. The van der Waals surface area contributed by atoms with Crippen molar-refractivity contribution in [2.24, 2.45) is 0 Å². The highest BCUT2D eigenvalue weighted by Crippen LogP contribution is 2.15. The minimum atomic E-state index is 0.615. The lowest BCUT2D eigenvalue weighted by Crippen LogP contribution is -2.84. The standard InChI is InChI=1S/C11H16N2/c1-2-6-10(12-8-4-1)11-7-3-5-9-13-11/h3,5,7,9-10,12H,1-2,4,6,8H2/p+1/t10-/m0/s1. The summed E-state index contributed by atoms with van der Waals surface area (Å²) < 4.78 is 0. The van der Waals surface area contributed by atoms with Gasteiger partial charge in [0.15, 0.2) is 0 Å². The molecule has 2 nitrogen and oxygen atoms in total. The minimum absolute atomic E-state index is 0.615. The highest BCUT2D eigenvalue weighted by Gasteiger charge is 2.17. The SMILES string of the molecule is c1ccc([C@@H]2CCCCC[NH2+]2)nc1. The number of rotatable bonds is 1. The summed E-state index contributed by atoms with van der Waals surface area (Å²) in [4.78, 5) is 4.41. The van der Waals surface area contributed by atoms with Gasteiger partial charge in [0.2, 0.25) is 0 Å². The molecule has 13 heavy (non-hydrogen) atoms. The Hall–Kier alpha value is -0.890. The Morgan fingerprint density at radius 1 is 1.23 bits per heavy atom. The van der Waals surface area contributed by atoms with E-state index >= 15 is 0 Å². The van der Waals surface area contributed by atoms with Crippen LogP contribution in [-0.2, 0) is 0 Å². The zero-order chi connectivity index (χ0) is 8.93. The maximum Gasteiger partial charge on any atom is 0.129 e. The molecule has 0 aromatic carbocycles. The third-order valence-corrected chi connectivity index (χ3v) is 2.74. The summed E-state index contributed by atoms with van der Waals surface area (Å²) in [6.07, 6.45) is 7.30. The van der Waals surface area contributed by atoms with E-state index in [1.54, 1.807) is 0 Å². The fourth-order valence-electron chi connectivity index (χ4n) is 1.99. The second kappa shape index (κ2) is 4.38. The van der Waals surface area contributed by atoms with E-state index < -0.39 is 0 Å². The summed E-state index contributed by atoms with van der Waals surface area (Å²) in [5, 5.41) is 2.44. The molecule has 2 rings (SSSR count). The van der Waals surface area contributed by atoms with Crippen LogP contribution in [0.5, 0.6) is 0 Å². The van der Waals surface area contributed by atoms with Gasteiger partial charge >= 0.3 is 0 Å². The van der Waals surface area contributed by atoms with E-state index in [1.165, 1.54) is 37.9 Å². The molecular formula is C11H17N2+. The van der Waals surface area contributed by atoms with Crippen molar-refractivity contribution in [1.29, 1.82) is 0 Å². The van der Waals surface area contributed by atoms with Crippen molar-refractivity contribution in [1.82, 2.24) is 4.98 Å². The molecule has 1 aromatic rings. The van der Waals surface area contributed by atoms with Gasteiger partial charge in [-0.2, -0.15) is 0 Å². The maximum atomic E-state index is 4.41. The summed E-state index contributed by atoms with van der Waals surface area (Å²) in [6, 6.07) is 6.83. The highest BCUT2D eigenvalue weighted by atomic mass is 14.9. The van der Waals surface area contributed by atoms with Crippen LogP contribution in [0, 0.1) is 0 Å². The van der Waals surface area contributed by atoms with Gasteiger partial charge < -0.3 is 5.32 Å². The van der Waals surface area contributed by atoms with Crippen molar-refractivity contribution in [3.63, 3.8) is 0 Å². The molecule has 1 aliphatic heterocycles. The molecule has 1 saturated heterocycles. The largest absolute Gasteiger partial charge is 0.339 e. The summed E-state index contributed by atoms with van der Waals surface area (Å²) in [5.41, 5.74) is 1.25. The zero-order valence-corrected chi connectivity index (χ0v) is 7.95. The fourth-order valence-corrected chi connectivity index (χ4v) is 1.99. The Bertz CT molecular complexity index is 238. The Labute approximate surface area is 79.4 Å². The summed E-state index contributed by atoms with van der Waals surface area (Å²) in [6.45, 7) is 1.27. The number of pyridine rings is 1. The van der Waals surface area contributed by atoms with Gasteiger partial charge in [0.1, 0.15) is 6.04 Å². The van der Waals surface area contributed by atoms with Gasteiger partial charge in [-0.3, -0.25) is 4.98 Å². The van der Waals surface area contributed by atoms with Gasteiger partial charge in [0.05, 0.1) is 12.2 Å². The van der Waals surface area contributed by atoms with Crippen LogP contribution in [0.3, 0.4) is 0 Å². The normalized spacial score (nSPS) is 23.8. The first kappa shape index (κ1) is 8.70. The lowest BCUT2D eigenvalue weighted by Gasteiger charge is -2.10. The molecule has 1 atom stereocenters. The van der Waals surface area contributed by atoms with E-state index in [-0.39, 0.29) is 0 Å². The third kappa shape index (κ3) is 2.28. The van der Waals surface area contributed by atoms with E-state index in [0.717, 1.165) is 0 Å². The Balaban J connectivity index is 2.06. The minimum Gasteiger partial charge on any atom is -0.339 e. The van der Waals surface area contributed by atoms with Crippen molar-refractivity contribution >= 4 is 0 Å². The smallest absolute Gasteiger partial charge is 0.129 e. The average Bonchev–Trinajstić information content (AvgIpc) is 2.47. The van der Waals surface area contributed by atoms with Crippen LogP contribution in [-0.4, -0.2) is 11.5 Å². The van der Waals surface area contributed by atoms with Crippen LogP contribution in [0.2, 0.25) is 0 Å². The van der Waals surface area contributed by atoms with E-state index in [1.807, 2.05) is 12.3 Å². The van der Waals surface area contributed by atoms with E-state index in [2.05, 4.69) is 22.4 Å². The first-order chi connectivity index (χ1) is 6.47. The second-order valence-corrected chi connectivity index (χ2v) is 3.73. The number of hydrogen-bond acceptors (Lipinski definition) is 1. The third-order valence-electron chi connectivity index (χ3n) is 2.74. The monoisotopic (exact) mass is 177 g/mol. The summed E-state index contributed by atoms with van der Waals surface area (Å²) in [7, 11) is 0. The van der Waals surface area contributed by atoms with Gasteiger partial charge in [-0.25, -0.2) is 0 Å². The van der Waals surface area contributed by atoms with Crippen molar-refractivity contribution in [2.75, 3.05) is 6.54 Å². The fraction of sp³-hybridized carbons (Fsp3) is 0.545. The van der Waals surface area contributed by atoms with E-state index in [0.29, 0.717) is 6.04 Å². The van der Waals surface area contributed by atoms with E-state index in [4.69, 9.17) is 0 Å². The molecule has 2 heterocycles. The van der Waals surface area contributed by atoms with Crippen LogP contribution in [0.4, 0.5) is 0 Å². The Morgan fingerprint density at radius 2 is 2.23 bits per heavy atom. The second-order valence-electron chi connectivity index (χ2n) is 3.73. The molecule has 70 valence electrons. The van der Waals surface area contributed by atoms with Crippen LogP contribution in [0.25, 0.3) is 0 Å². The molecule has 0 spiro atoms. The van der Waals surface area contributed by atoms with Gasteiger partial charge in [-0.05, 0) is 31.4 Å². The quantitative estimate of drug-likeness (QED) is 0.687. The molecule has 0 unspecified atom stereocenters. The van der Waals surface area contributed by atoms with Gasteiger partial charge in [0.25, 0.3) is 0 Å². The van der Waals surface area contributed by atoms with Crippen LogP contribution >= 0.6 is 0 Å². The molecule has 1 aromatic heterocycles.